The molecule has 0 spiro atoms. The van der Waals surface area contributed by atoms with E-state index in [-0.39, 0.29) is 5.91 Å². The van der Waals surface area contributed by atoms with Gasteiger partial charge in [-0.25, -0.2) is 8.42 Å². The highest BCUT2D eigenvalue weighted by Crippen LogP contribution is 2.18. The Balaban J connectivity index is 1.84. The van der Waals surface area contributed by atoms with Gasteiger partial charge in [0.1, 0.15) is 0 Å². The third-order valence-electron chi connectivity index (χ3n) is 3.84. The minimum Gasteiger partial charge on any atom is -0.379 e. The van der Waals surface area contributed by atoms with E-state index in [9.17, 15) is 13.2 Å². The van der Waals surface area contributed by atoms with Gasteiger partial charge in [-0.3, -0.25) is 14.4 Å². The van der Waals surface area contributed by atoms with Crippen molar-refractivity contribution in [1.29, 1.82) is 0 Å². The van der Waals surface area contributed by atoms with Crippen LogP contribution in [0, 0.1) is 6.92 Å². The van der Waals surface area contributed by atoms with Gasteiger partial charge in [-0.05, 0) is 37.6 Å². The molecule has 1 fully saturated rings. The number of benzene rings is 1. The van der Waals surface area contributed by atoms with Gasteiger partial charge < -0.3 is 10.1 Å². The molecule has 0 unspecified atom stereocenters. The van der Waals surface area contributed by atoms with Gasteiger partial charge in [0.05, 0.1) is 25.2 Å². The van der Waals surface area contributed by atoms with E-state index in [1.807, 2.05) is 0 Å². The average molecular weight is 355 g/mol. The molecule has 0 aromatic heterocycles. The predicted octanol–water partition coefficient (Wildman–Crippen LogP) is 0.819. The van der Waals surface area contributed by atoms with Gasteiger partial charge in [0.15, 0.2) is 0 Å². The zero-order valence-electron chi connectivity index (χ0n) is 14.2. The molecular formula is C16H25N3O4S. The normalized spacial score (nSPS) is 15.9. The van der Waals surface area contributed by atoms with Crippen LogP contribution in [0.4, 0.5) is 5.69 Å². The SMILES string of the molecule is Cc1ccc(C(=O)NCCCN2CCOCC2)cc1NS(C)(=O)=O. The van der Waals surface area contributed by atoms with Gasteiger partial charge >= 0.3 is 0 Å². The lowest BCUT2D eigenvalue weighted by Crippen LogP contribution is -2.38. The van der Waals surface area contributed by atoms with Gasteiger partial charge in [-0.1, -0.05) is 6.07 Å². The monoisotopic (exact) mass is 355 g/mol. The zero-order chi connectivity index (χ0) is 17.6. The fourth-order valence-electron chi connectivity index (χ4n) is 2.50. The van der Waals surface area contributed by atoms with Crippen LogP contribution in [-0.2, 0) is 14.8 Å². The van der Waals surface area contributed by atoms with Crippen LogP contribution < -0.4 is 10.0 Å². The lowest BCUT2D eigenvalue weighted by atomic mass is 10.1. The molecule has 2 N–H and O–H groups in total. The number of nitrogens with one attached hydrogen (secondary N) is 2. The second-order valence-electron chi connectivity index (χ2n) is 5.97. The third-order valence-corrected chi connectivity index (χ3v) is 4.43. The number of morpholine rings is 1. The number of carbonyl (C=O) groups excluding carboxylic acids is 1. The molecule has 1 aliphatic rings. The summed E-state index contributed by atoms with van der Waals surface area (Å²) in [6.45, 7) is 6.71. The van der Waals surface area contributed by atoms with Crippen molar-refractivity contribution in [2.75, 3.05) is 50.4 Å². The summed E-state index contributed by atoms with van der Waals surface area (Å²) in [5.74, 6) is -0.200. The maximum Gasteiger partial charge on any atom is 0.251 e. The van der Waals surface area contributed by atoms with Crippen LogP contribution in [-0.4, -0.2) is 64.9 Å². The molecule has 1 amide bonds. The van der Waals surface area contributed by atoms with E-state index in [1.54, 1.807) is 25.1 Å². The van der Waals surface area contributed by atoms with Gasteiger partial charge in [0.25, 0.3) is 5.91 Å². The molecule has 1 aromatic carbocycles. The molecule has 7 nitrogen and oxygen atoms in total. The van der Waals surface area contributed by atoms with Crippen molar-refractivity contribution in [3.63, 3.8) is 0 Å². The molecule has 134 valence electrons. The zero-order valence-corrected chi connectivity index (χ0v) is 15.0. The Morgan fingerprint density at radius 3 is 2.67 bits per heavy atom. The highest BCUT2D eigenvalue weighted by Gasteiger charge is 2.12. The molecule has 1 heterocycles. The minimum atomic E-state index is -3.37. The minimum absolute atomic E-state index is 0.200. The molecule has 0 atom stereocenters. The van der Waals surface area contributed by atoms with Gasteiger partial charge in [-0.2, -0.15) is 0 Å². The maximum atomic E-state index is 12.2. The summed E-state index contributed by atoms with van der Waals surface area (Å²) in [6.07, 6.45) is 1.96. The van der Waals surface area contributed by atoms with Gasteiger partial charge in [0.2, 0.25) is 10.0 Å². The summed E-state index contributed by atoms with van der Waals surface area (Å²) < 4.78 is 30.5. The number of aryl methyl sites for hydroxylation is 1. The van der Waals surface area contributed by atoms with E-state index < -0.39 is 10.0 Å². The fourth-order valence-corrected chi connectivity index (χ4v) is 3.12. The van der Waals surface area contributed by atoms with Gasteiger partial charge in [0, 0.05) is 25.2 Å². The Kier molecular flexibility index (Phi) is 6.59. The first kappa shape index (κ1) is 18.7. The third kappa shape index (κ3) is 6.10. The van der Waals surface area contributed by atoms with E-state index in [1.165, 1.54) is 0 Å². The molecule has 1 saturated heterocycles. The maximum absolute atomic E-state index is 12.2. The first-order chi connectivity index (χ1) is 11.3. The van der Waals surface area contributed by atoms with E-state index in [0.717, 1.165) is 51.1 Å². The quantitative estimate of drug-likeness (QED) is 0.707. The molecule has 0 saturated carbocycles. The average Bonchev–Trinajstić information content (AvgIpc) is 2.53. The van der Waals surface area contributed by atoms with E-state index in [4.69, 9.17) is 4.74 Å². The van der Waals surface area contributed by atoms with Crippen LogP contribution in [0.15, 0.2) is 18.2 Å². The van der Waals surface area contributed by atoms with Crippen molar-refractivity contribution in [3.8, 4) is 0 Å². The molecule has 0 radical (unpaired) electrons. The smallest absolute Gasteiger partial charge is 0.251 e. The summed E-state index contributed by atoms with van der Waals surface area (Å²) in [5, 5.41) is 2.87. The molecule has 1 aliphatic heterocycles. The summed E-state index contributed by atoms with van der Waals surface area (Å²) >= 11 is 0. The van der Waals surface area contributed by atoms with Crippen molar-refractivity contribution in [3.05, 3.63) is 29.3 Å². The Hall–Kier alpha value is -1.64. The Morgan fingerprint density at radius 1 is 1.29 bits per heavy atom. The van der Waals surface area contributed by atoms with Gasteiger partial charge in [-0.15, -0.1) is 0 Å². The molecule has 0 aliphatic carbocycles. The number of hydrogen-bond donors (Lipinski definition) is 2. The number of nitrogens with zero attached hydrogens (tertiary/aromatic N) is 1. The van der Waals surface area contributed by atoms with Crippen molar-refractivity contribution < 1.29 is 17.9 Å². The summed E-state index contributed by atoms with van der Waals surface area (Å²) in [7, 11) is -3.37. The first-order valence-electron chi connectivity index (χ1n) is 8.02. The van der Waals surface area contributed by atoms with Crippen LogP contribution >= 0.6 is 0 Å². The Bertz CT molecular complexity index is 670. The number of anilines is 1. The topological polar surface area (TPSA) is 87.7 Å². The largest absolute Gasteiger partial charge is 0.379 e. The van der Waals surface area contributed by atoms with E-state index in [0.29, 0.717) is 17.8 Å². The predicted molar refractivity (Wildman–Crippen MR) is 93.9 cm³/mol. The van der Waals surface area contributed by atoms with E-state index in [2.05, 4.69) is 14.9 Å². The van der Waals surface area contributed by atoms with Crippen molar-refractivity contribution in [2.24, 2.45) is 0 Å². The lowest BCUT2D eigenvalue weighted by Gasteiger charge is -2.26. The Morgan fingerprint density at radius 2 is 2.00 bits per heavy atom. The van der Waals surface area contributed by atoms with Crippen molar-refractivity contribution >= 4 is 21.6 Å². The summed E-state index contributed by atoms with van der Waals surface area (Å²) in [4.78, 5) is 14.5. The summed E-state index contributed by atoms with van der Waals surface area (Å²) in [6, 6.07) is 4.99. The second kappa shape index (κ2) is 8.46. The highest BCUT2D eigenvalue weighted by atomic mass is 32.2. The second-order valence-corrected chi connectivity index (χ2v) is 7.72. The van der Waals surface area contributed by atoms with Crippen molar-refractivity contribution in [2.45, 2.75) is 13.3 Å². The number of sulfonamides is 1. The molecular weight excluding hydrogens is 330 g/mol. The summed E-state index contributed by atoms with van der Waals surface area (Å²) in [5.41, 5.74) is 1.64. The highest BCUT2D eigenvalue weighted by molar-refractivity contribution is 7.92. The standard InChI is InChI=1S/C16H25N3O4S/c1-13-4-5-14(12-15(13)18-24(2,21)22)16(20)17-6-3-7-19-8-10-23-11-9-19/h4-5,12,18H,3,6-11H2,1-2H3,(H,17,20). The molecule has 1 aromatic rings. The van der Waals surface area contributed by atoms with Crippen LogP contribution in [0.2, 0.25) is 0 Å². The number of amides is 1. The molecule has 0 bridgehead atoms. The molecule has 24 heavy (non-hydrogen) atoms. The van der Waals surface area contributed by atoms with Crippen LogP contribution in [0.3, 0.4) is 0 Å². The number of ether oxygens (including phenoxy) is 1. The van der Waals surface area contributed by atoms with Crippen LogP contribution in [0.25, 0.3) is 0 Å². The van der Waals surface area contributed by atoms with Crippen LogP contribution in [0.5, 0.6) is 0 Å². The Labute approximate surface area is 143 Å². The number of carbonyl (C=O) groups is 1. The van der Waals surface area contributed by atoms with Crippen molar-refractivity contribution in [1.82, 2.24) is 10.2 Å². The lowest BCUT2D eigenvalue weighted by molar-refractivity contribution is 0.0374. The fraction of sp³-hybridized carbons (Fsp3) is 0.562. The van der Waals surface area contributed by atoms with Crippen LogP contribution in [0.1, 0.15) is 22.3 Å². The van der Waals surface area contributed by atoms with E-state index >= 15 is 0 Å². The number of rotatable bonds is 7. The molecule has 8 heteroatoms. The molecule has 2 rings (SSSR count). The first-order valence-corrected chi connectivity index (χ1v) is 9.91. The number of hydrogen-bond acceptors (Lipinski definition) is 5.